The van der Waals surface area contributed by atoms with Gasteiger partial charge in [-0.05, 0) is 155 Å². The molecule has 0 heterocycles. The van der Waals surface area contributed by atoms with Crippen LogP contribution < -0.4 is 0 Å². The summed E-state index contributed by atoms with van der Waals surface area (Å²) in [5.74, 6) is 9.32. The van der Waals surface area contributed by atoms with Gasteiger partial charge in [-0.2, -0.15) is 0 Å². The Balaban J connectivity index is 1.30. The standard InChI is InChI=1S/C43H59I/c44-43-28-37-21-23-39(43)32-19-17-31(18-20-32)33-12-6-10-29-8-4-5-9-30-16-22-40-38-15-3-1-2-11-35(26-33)41(25-29)34(24-30)13-7-14-36(38)27-42(37)40/h17-21,23,28-30,33-36,38,40-42H,1-16,22,24-27H2. The molecular weight excluding hydrogens is 643 g/mol. The molecule has 0 radical (unpaired) electrons. The molecule has 5 fully saturated rings. The maximum atomic E-state index is 2.68. The zero-order valence-corrected chi connectivity index (χ0v) is 29.7. The van der Waals surface area contributed by atoms with Gasteiger partial charge in [0, 0.05) is 3.57 Å². The molecule has 10 unspecified atom stereocenters. The largest absolute Gasteiger partial charge is 0.0581 e. The fraction of sp³-hybridized carbons (Fsp3) is 0.721. The second-order valence-electron chi connectivity index (χ2n) is 17.0. The van der Waals surface area contributed by atoms with Crippen molar-refractivity contribution < 1.29 is 0 Å². The van der Waals surface area contributed by atoms with Crippen LogP contribution in [0, 0.1) is 50.9 Å². The predicted molar refractivity (Wildman–Crippen MR) is 195 cm³/mol. The number of benzene rings is 2. The molecule has 15 rings (SSSR count). The number of hydrogen-bond acceptors (Lipinski definition) is 0. The lowest BCUT2D eigenvalue weighted by atomic mass is 9.65. The fourth-order valence-corrected chi connectivity index (χ4v) is 13.4. The van der Waals surface area contributed by atoms with Crippen molar-refractivity contribution in [1.29, 1.82) is 0 Å². The SMILES string of the molecule is Ic1cc2ccc1-c1ccc(cc1)C1CCCC3CCCCC4CCC5C2CC2CCCC(C4)C(C3)C(CCCCCC25)C1. The van der Waals surface area contributed by atoms with E-state index in [1.165, 1.54) is 130 Å². The topological polar surface area (TPSA) is 0 Å². The van der Waals surface area contributed by atoms with Gasteiger partial charge in [0.2, 0.25) is 0 Å². The highest BCUT2D eigenvalue weighted by Crippen LogP contribution is 2.56. The van der Waals surface area contributed by atoms with Gasteiger partial charge in [0.05, 0.1) is 0 Å². The average Bonchev–Trinajstić information content (AvgIpc) is 3.40. The van der Waals surface area contributed by atoms with Crippen molar-refractivity contribution in [2.45, 2.75) is 147 Å². The van der Waals surface area contributed by atoms with E-state index in [-0.39, 0.29) is 0 Å². The Labute approximate surface area is 283 Å². The first-order chi connectivity index (χ1) is 21.7. The lowest BCUT2D eigenvalue weighted by molar-refractivity contribution is 0.112. The van der Waals surface area contributed by atoms with Gasteiger partial charge in [0.1, 0.15) is 0 Å². The molecule has 10 atom stereocenters. The molecule has 2 aromatic rings. The molecule has 2 aromatic carbocycles. The van der Waals surface area contributed by atoms with Gasteiger partial charge < -0.3 is 0 Å². The zero-order valence-electron chi connectivity index (χ0n) is 27.5. The van der Waals surface area contributed by atoms with Crippen LogP contribution in [-0.2, 0) is 0 Å². The Hall–Kier alpha value is -0.830. The normalized spacial score (nSPS) is 39.4. The van der Waals surface area contributed by atoms with Crippen LogP contribution >= 0.6 is 22.6 Å². The highest BCUT2D eigenvalue weighted by molar-refractivity contribution is 14.1. The summed E-state index contributed by atoms with van der Waals surface area (Å²) in [7, 11) is 0. The Morgan fingerprint density at radius 3 is 1.95 bits per heavy atom. The highest BCUT2D eigenvalue weighted by atomic mass is 127. The van der Waals surface area contributed by atoms with Gasteiger partial charge in [-0.25, -0.2) is 0 Å². The van der Waals surface area contributed by atoms with E-state index in [1.807, 2.05) is 0 Å². The minimum absolute atomic E-state index is 0.757. The van der Waals surface area contributed by atoms with Crippen LogP contribution in [0.2, 0.25) is 0 Å². The summed E-state index contributed by atoms with van der Waals surface area (Å²) in [6, 6.07) is 17.8. The maximum Gasteiger partial charge on any atom is 0.0211 e. The first-order valence-electron chi connectivity index (χ1n) is 19.6. The van der Waals surface area contributed by atoms with Crippen LogP contribution in [-0.4, -0.2) is 0 Å². The molecule has 0 saturated heterocycles. The highest BCUT2D eigenvalue weighted by Gasteiger charge is 2.44. The van der Waals surface area contributed by atoms with Gasteiger partial charge >= 0.3 is 0 Å². The quantitative estimate of drug-likeness (QED) is 0.240. The summed E-state index contributed by atoms with van der Waals surface area (Å²) < 4.78 is 1.47. The van der Waals surface area contributed by atoms with Crippen molar-refractivity contribution in [1.82, 2.24) is 0 Å². The molecule has 13 aliphatic rings. The first-order valence-corrected chi connectivity index (χ1v) is 20.7. The molecule has 1 heteroatoms. The summed E-state index contributed by atoms with van der Waals surface area (Å²) in [5.41, 5.74) is 6.22. The van der Waals surface area contributed by atoms with E-state index < -0.39 is 0 Å². The molecule has 238 valence electrons. The molecule has 0 spiro atoms. The number of fused-ring (bicyclic) bond motifs is 1. The minimum Gasteiger partial charge on any atom is -0.0581 e. The predicted octanol–water partition coefficient (Wildman–Crippen LogP) is 13.3. The zero-order chi connectivity index (χ0) is 29.5. The van der Waals surface area contributed by atoms with Crippen molar-refractivity contribution >= 4 is 22.6 Å². The van der Waals surface area contributed by atoms with Crippen molar-refractivity contribution in [3.8, 4) is 11.1 Å². The summed E-state index contributed by atoms with van der Waals surface area (Å²) in [5, 5.41) is 0. The van der Waals surface area contributed by atoms with Crippen LogP contribution in [0.3, 0.4) is 0 Å². The Bertz CT molecular complexity index is 1240. The van der Waals surface area contributed by atoms with E-state index in [9.17, 15) is 0 Å². The molecule has 0 amide bonds. The fourth-order valence-electron chi connectivity index (χ4n) is 12.5. The minimum atomic E-state index is 0.757. The maximum absolute atomic E-state index is 2.68. The van der Waals surface area contributed by atoms with Gasteiger partial charge in [-0.1, -0.05) is 126 Å². The number of hydrogen-bond donors (Lipinski definition) is 0. The molecule has 13 aliphatic carbocycles. The van der Waals surface area contributed by atoms with Crippen molar-refractivity contribution in [3.63, 3.8) is 0 Å². The lowest BCUT2D eigenvalue weighted by Gasteiger charge is -2.40. The van der Waals surface area contributed by atoms with E-state index >= 15 is 0 Å². The summed E-state index contributed by atoms with van der Waals surface area (Å²) in [4.78, 5) is 0. The number of halogens is 1. The monoisotopic (exact) mass is 702 g/mol. The van der Waals surface area contributed by atoms with Crippen molar-refractivity contribution in [2.24, 2.45) is 47.3 Å². The van der Waals surface area contributed by atoms with Crippen LogP contribution in [0.4, 0.5) is 0 Å². The van der Waals surface area contributed by atoms with E-state index in [1.54, 1.807) is 30.4 Å². The molecule has 0 aliphatic heterocycles. The second kappa shape index (κ2) is 13.7. The van der Waals surface area contributed by atoms with Crippen LogP contribution in [0.25, 0.3) is 11.1 Å². The third-order valence-electron chi connectivity index (χ3n) is 14.7. The van der Waals surface area contributed by atoms with Gasteiger partial charge in [0.15, 0.2) is 0 Å². The van der Waals surface area contributed by atoms with Crippen LogP contribution in [0.1, 0.15) is 158 Å². The van der Waals surface area contributed by atoms with Crippen LogP contribution in [0.5, 0.6) is 0 Å². The molecule has 0 aromatic heterocycles. The summed E-state index contributed by atoms with van der Waals surface area (Å²) in [6.45, 7) is 0. The lowest BCUT2D eigenvalue weighted by Crippen LogP contribution is -2.30. The third kappa shape index (κ3) is 6.36. The Morgan fingerprint density at radius 2 is 1.11 bits per heavy atom. The van der Waals surface area contributed by atoms with E-state index in [0.717, 1.165) is 59.2 Å². The molecule has 0 nitrogen and oxygen atoms in total. The smallest absolute Gasteiger partial charge is 0.0211 e. The average molecular weight is 703 g/mol. The second-order valence-corrected chi connectivity index (χ2v) is 18.1. The van der Waals surface area contributed by atoms with Crippen molar-refractivity contribution in [2.75, 3.05) is 0 Å². The van der Waals surface area contributed by atoms with E-state index in [0.29, 0.717) is 0 Å². The number of rotatable bonds is 0. The first kappa shape index (κ1) is 30.5. The molecule has 0 N–H and O–H groups in total. The third-order valence-corrected chi connectivity index (χ3v) is 15.6. The van der Waals surface area contributed by atoms with E-state index in [2.05, 4.69) is 65.1 Å². The van der Waals surface area contributed by atoms with Crippen LogP contribution in [0.15, 0.2) is 42.5 Å². The van der Waals surface area contributed by atoms with Gasteiger partial charge in [-0.3, -0.25) is 0 Å². The molecule has 44 heavy (non-hydrogen) atoms. The van der Waals surface area contributed by atoms with Gasteiger partial charge in [0.25, 0.3) is 0 Å². The molecular formula is C43H59I. The van der Waals surface area contributed by atoms with Crippen molar-refractivity contribution in [3.05, 3.63) is 57.2 Å². The molecule has 14 bridgehead atoms. The summed E-state index contributed by atoms with van der Waals surface area (Å²) >= 11 is 2.68. The summed E-state index contributed by atoms with van der Waals surface area (Å²) in [6.07, 6.45) is 31.8. The molecule has 5 saturated carbocycles. The Morgan fingerprint density at radius 1 is 0.455 bits per heavy atom. The Kier molecular flexibility index (Phi) is 9.51. The van der Waals surface area contributed by atoms with Gasteiger partial charge in [-0.15, -0.1) is 0 Å². The van der Waals surface area contributed by atoms with E-state index in [4.69, 9.17) is 0 Å².